The van der Waals surface area contributed by atoms with Gasteiger partial charge in [0, 0.05) is 12.2 Å². The van der Waals surface area contributed by atoms with Crippen LogP contribution in [-0.2, 0) is 14.6 Å². The molecule has 3 rings (SSSR count). The molecule has 1 aliphatic rings. The Morgan fingerprint density at radius 3 is 2.87 bits per heavy atom. The Labute approximate surface area is 135 Å². The number of amides is 1. The lowest BCUT2D eigenvalue weighted by molar-refractivity contribution is -0.119. The van der Waals surface area contributed by atoms with Gasteiger partial charge in [-0.2, -0.15) is 0 Å². The van der Waals surface area contributed by atoms with Crippen LogP contribution in [0.1, 0.15) is 32.6 Å². The number of nitrogens with zero attached hydrogens (tertiary/aromatic N) is 3. The number of hydrogen-bond donors (Lipinski definition) is 1. The number of carbonyl (C=O) groups is 1. The first-order valence-electron chi connectivity index (χ1n) is 7.79. The molecule has 0 aliphatic heterocycles. The number of sulfone groups is 1. The standard InChI is InChI=1S/C15H20N4O3S/c1-11-6-2-3-7-12(11)16-14(20)10-23(21,22)15-18-17-13-8-4-5-9-19(13)15/h4-5,8-9,11-12H,2-3,6-7,10H2,1H3,(H,16,20)/t11-,12-/m0/s1. The van der Waals surface area contributed by atoms with Crippen LogP contribution in [-0.4, -0.2) is 40.7 Å². The third-order valence-corrected chi connectivity index (χ3v) is 5.82. The van der Waals surface area contributed by atoms with Gasteiger partial charge in [-0.1, -0.05) is 25.8 Å². The molecule has 1 N–H and O–H groups in total. The summed E-state index contributed by atoms with van der Waals surface area (Å²) in [5.74, 6) is -0.702. The maximum atomic E-state index is 12.5. The highest BCUT2D eigenvalue weighted by Crippen LogP contribution is 2.23. The fourth-order valence-corrected chi connectivity index (χ4v) is 4.22. The van der Waals surface area contributed by atoms with Crippen LogP contribution in [0.2, 0.25) is 0 Å². The SMILES string of the molecule is C[C@H]1CCCC[C@@H]1NC(=O)CS(=O)(=O)c1nnc2ccccn12. The van der Waals surface area contributed by atoms with Crippen LogP contribution in [0, 0.1) is 5.92 Å². The summed E-state index contributed by atoms with van der Waals surface area (Å²) >= 11 is 0. The van der Waals surface area contributed by atoms with E-state index >= 15 is 0 Å². The van der Waals surface area contributed by atoms with Crippen molar-refractivity contribution in [3.8, 4) is 0 Å². The van der Waals surface area contributed by atoms with Gasteiger partial charge in [0.25, 0.3) is 5.16 Å². The van der Waals surface area contributed by atoms with Gasteiger partial charge in [0.15, 0.2) is 5.65 Å². The molecule has 0 bridgehead atoms. The molecule has 0 unspecified atom stereocenters. The first-order valence-corrected chi connectivity index (χ1v) is 9.44. The predicted octanol–water partition coefficient (Wildman–Crippen LogP) is 1.20. The lowest BCUT2D eigenvalue weighted by Crippen LogP contribution is -2.43. The second-order valence-corrected chi connectivity index (χ2v) is 7.99. The predicted molar refractivity (Wildman–Crippen MR) is 84.6 cm³/mol. The van der Waals surface area contributed by atoms with E-state index in [1.165, 1.54) is 4.40 Å². The quantitative estimate of drug-likeness (QED) is 0.905. The van der Waals surface area contributed by atoms with Crippen molar-refractivity contribution in [1.29, 1.82) is 0 Å². The molecule has 2 atom stereocenters. The summed E-state index contributed by atoms with van der Waals surface area (Å²) in [5.41, 5.74) is 0.437. The zero-order chi connectivity index (χ0) is 16.4. The van der Waals surface area contributed by atoms with Crippen LogP contribution >= 0.6 is 0 Å². The molecule has 1 fully saturated rings. The average molecular weight is 336 g/mol. The molecular weight excluding hydrogens is 316 g/mol. The Hall–Kier alpha value is -1.96. The summed E-state index contributed by atoms with van der Waals surface area (Å²) in [5, 5.41) is 10.2. The Morgan fingerprint density at radius 2 is 2.09 bits per heavy atom. The van der Waals surface area contributed by atoms with E-state index in [1.807, 2.05) is 0 Å². The zero-order valence-corrected chi connectivity index (χ0v) is 13.8. The van der Waals surface area contributed by atoms with Gasteiger partial charge in [0.05, 0.1) is 0 Å². The van der Waals surface area contributed by atoms with Gasteiger partial charge in [-0.05, 0) is 30.9 Å². The minimum Gasteiger partial charge on any atom is -0.352 e. The van der Waals surface area contributed by atoms with Crippen LogP contribution in [0.3, 0.4) is 0 Å². The van der Waals surface area contributed by atoms with Gasteiger partial charge in [-0.25, -0.2) is 8.42 Å². The summed E-state index contributed by atoms with van der Waals surface area (Å²) in [6.07, 6.45) is 5.77. The van der Waals surface area contributed by atoms with Crippen molar-refractivity contribution >= 4 is 21.4 Å². The summed E-state index contributed by atoms with van der Waals surface area (Å²) in [4.78, 5) is 12.2. The molecular formula is C15H20N4O3S. The van der Waals surface area contributed by atoms with Crippen molar-refractivity contribution in [3.63, 3.8) is 0 Å². The van der Waals surface area contributed by atoms with Gasteiger partial charge >= 0.3 is 0 Å². The molecule has 1 aliphatic carbocycles. The molecule has 7 nitrogen and oxygen atoms in total. The second kappa shape index (κ2) is 6.27. The average Bonchev–Trinajstić information content (AvgIpc) is 2.94. The number of hydrogen-bond acceptors (Lipinski definition) is 5. The van der Waals surface area contributed by atoms with Crippen molar-refractivity contribution in [2.45, 2.75) is 43.8 Å². The number of fused-ring (bicyclic) bond motifs is 1. The molecule has 2 aromatic heterocycles. The third-order valence-electron chi connectivity index (χ3n) is 4.34. The van der Waals surface area contributed by atoms with E-state index in [-0.39, 0.29) is 11.2 Å². The monoisotopic (exact) mass is 336 g/mol. The van der Waals surface area contributed by atoms with Crippen molar-refractivity contribution in [3.05, 3.63) is 24.4 Å². The molecule has 0 aromatic carbocycles. The van der Waals surface area contributed by atoms with Crippen molar-refractivity contribution in [2.24, 2.45) is 5.92 Å². The van der Waals surface area contributed by atoms with Crippen molar-refractivity contribution in [1.82, 2.24) is 19.9 Å². The maximum Gasteiger partial charge on any atom is 0.254 e. The van der Waals surface area contributed by atoms with E-state index in [1.54, 1.807) is 24.4 Å². The Balaban J connectivity index is 1.74. The van der Waals surface area contributed by atoms with Crippen molar-refractivity contribution < 1.29 is 13.2 Å². The van der Waals surface area contributed by atoms with E-state index in [4.69, 9.17) is 0 Å². The smallest absolute Gasteiger partial charge is 0.254 e. The van der Waals surface area contributed by atoms with Gasteiger partial charge in [0.2, 0.25) is 15.7 Å². The lowest BCUT2D eigenvalue weighted by atomic mass is 9.86. The normalized spacial score (nSPS) is 22.1. The molecule has 2 heterocycles. The molecule has 8 heteroatoms. The number of carbonyl (C=O) groups excluding carboxylic acids is 1. The summed E-state index contributed by atoms with van der Waals surface area (Å²) in [6, 6.07) is 5.16. The fraction of sp³-hybridized carbons (Fsp3) is 0.533. The van der Waals surface area contributed by atoms with E-state index < -0.39 is 21.5 Å². The van der Waals surface area contributed by atoms with E-state index in [0.717, 1.165) is 25.7 Å². The van der Waals surface area contributed by atoms with Crippen LogP contribution < -0.4 is 5.32 Å². The molecule has 2 aromatic rings. The van der Waals surface area contributed by atoms with Crippen LogP contribution in [0.4, 0.5) is 0 Å². The van der Waals surface area contributed by atoms with E-state index in [9.17, 15) is 13.2 Å². The molecule has 23 heavy (non-hydrogen) atoms. The number of aromatic nitrogens is 3. The highest BCUT2D eigenvalue weighted by molar-refractivity contribution is 7.91. The molecule has 0 saturated heterocycles. The van der Waals surface area contributed by atoms with Gasteiger partial charge in [0.1, 0.15) is 5.75 Å². The molecule has 0 spiro atoms. The van der Waals surface area contributed by atoms with Crippen LogP contribution in [0.15, 0.2) is 29.6 Å². The first kappa shape index (κ1) is 15.9. The summed E-state index contributed by atoms with van der Waals surface area (Å²) in [6.45, 7) is 2.09. The second-order valence-electron chi connectivity index (χ2n) is 6.11. The number of pyridine rings is 1. The van der Waals surface area contributed by atoms with Crippen LogP contribution in [0.25, 0.3) is 5.65 Å². The first-order chi connectivity index (χ1) is 11.0. The van der Waals surface area contributed by atoms with Crippen LogP contribution in [0.5, 0.6) is 0 Å². The van der Waals surface area contributed by atoms with E-state index in [2.05, 4.69) is 22.4 Å². The zero-order valence-electron chi connectivity index (χ0n) is 13.0. The lowest BCUT2D eigenvalue weighted by Gasteiger charge is -2.29. The highest BCUT2D eigenvalue weighted by Gasteiger charge is 2.28. The summed E-state index contributed by atoms with van der Waals surface area (Å²) < 4.78 is 26.3. The van der Waals surface area contributed by atoms with Crippen molar-refractivity contribution in [2.75, 3.05) is 5.75 Å². The van der Waals surface area contributed by atoms with Gasteiger partial charge in [-0.15, -0.1) is 10.2 Å². The Morgan fingerprint density at radius 1 is 1.30 bits per heavy atom. The Bertz CT molecular complexity index is 815. The fourth-order valence-electron chi connectivity index (χ4n) is 3.05. The topological polar surface area (TPSA) is 93.4 Å². The minimum absolute atomic E-state index is 0.0570. The Kier molecular flexibility index (Phi) is 4.34. The highest BCUT2D eigenvalue weighted by atomic mass is 32.2. The molecule has 124 valence electrons. The summed E-state index contributed by atoms with van der Waals surface area (Å²) in [7, 11) is -3.83. The van der Waals surface area contributed by atoms with Gasteiger partial charge in [-0.3, -0.25) is 9.20 Å². The maximum absolute atomic E-state index is 12.5. The third kappa shape index (κ3) is 3.36. The minimum atomic E-state index is -3.83. The largest absolute Gasteiger partial charge is 0.352 e. The molecule has 1 saturated carbocycles. The number of nitrogens with one attached hydrogen (secondary N) is 1. The molecule has 1 amide bonds. The van der Waals surface area contributed by atoms with Gasteiger partial charge < -0.3 is 5.32 Å². The molecule has 0 radical (unpaired) electrons. The van der Waals surface area contributed by atoms with E-state index in [0.29, 0.717) is 11.6 Å². The number of rotatable bonds is 4.